The third kappa shape index (κ3) is 5.38. The maximum atomic E-state index is 12.1. The molecule has 0 heterocycles. The summed E-state index contributed by atoms with van der Waals surface area (Å²) in [6, 6.07) is 8.18. The van der Waals surface area contributed by atoms with Crippen molar-refractivity contribution in [2.24, 2.45) is 0 Å². The van der Waals surface area contributed by atoms with Crippen molar-refractivity contribution < 1.29 is 4.79 Å². The molecule has 0 bridgehead atoms. The first-order chi connectivity index (χ1) is 10.1. The highest BCUT2D eigenvalue weighted by Crippen LogP contribution is 2.17. The fourth-order valence-electron chi connectivity index (χ4n) is 2.97. The molecule has 0 atom stereocenters. The summed E-state index contributed by atoms with van der Waals surface area (Å²) in [4.78, 5) is 14.1. The Balaban J connectivity index is 1.77. The summed E-state index contributed by atoms with van der Waals surface area (Å²) in [5.41, 5.74) is 7.80. The molecule has 1 aromatic carbocycles. The third-order valence-corrected chi connectivity index (χ3v) is 4.13. The number of hydrogen-bond acceptors (Lipinski definition) is 3. The Labute approximate surface area is 127 Å². The number of benzene rings is 1. The van der Waals surface area contributed by atoms with Gasteiger partial charge in [0.25, 0.3) is 0 Å². The number of likely N-dealkylation sites (N-methyl/N-ethyl adjacent to an activating group) is 1. The van der Waals surface area contributed by atoms with Gasteiger partial charge in [-0.2, -0.15) is 0 Å². The molecule has 1 aliphatic carbocycles. The van der Waals surface area contributed by atoms with Crippen LogP contribution in [0.1, 0.15) is 44.1 Å². The van der Waals surface area contributed by atoms with Gasteiger partial charge in [0.05, 0.1) is 6.54 Å². The van der Waals surface area contributed by atoms with E-state index < -0.39 is 0 Å². The second kappa shape index (κ2) is 8.03. The molecule has 21 heavy (non-hydrogen) atoms. The van der Waals surface area contributed by atoms with Crippen LogP contribution in [-0.4, -0.2) is 30.4 Å². The molecule has 3 N–H and O–H groups in total. The van der Waals surface area contributed by atoms with Gasteiger partial charge in [-0.15, -0.1) is 0 Å². The molecule has 4 heteroatoms. The predicted octanol–water partition coefficient (Wildman–Crippen LogP) is 2.54. The standard InChI is InChI=1S/C17H27N3O/c1-20(12-14-8-6-7-11-16(14)18)13-17(21)19-15-9-4-2-3-5-10-15/h6-8,11,15H,2-5,9-10,12-13,18H2,1H3,(H,19,21). The lowest BCUT2D eigenvalue weighted by molar-refractivity contribution is -0.122. The molecule has 0 aliphatic heterocycles. The van der Waals surface area contributed by atoms with E-state index in [0.29, 0.717) is 19.1 Å². The molecule has 0 saturated heterocycles. The van der Waals surface area contributed by atoms with Crippen LogP contribution in [0, 0.1) is 0 Å². The van der Waals surface area contributed by atoms with Crippen LogP contribution >= 0.6 is 0 Å². The monoisotopic (exact) mass is 289 g/mol. The number of carbonyl (C=O) groups excluding carboxylic acids is 1. The normalized spacial score (nSPS) is 16.7. The second-order valence-electron chi connectivity index (χ2n) is 6.13. The highest BCUT2D eigenvalue weighted by atomic mass is 16.2. The topological polar surface area (TPSA) is 58.4 Å². The molecule has 0 unspecified atom stereocenters. The Morgan fingerprint density at radius 3 is 2.57 bits per heavy atom. The van der Waals surface area contributed by atoms with E-state index in [0.717, 1.165) is 24.1 Å². The number of nitrogen functional groups attached to an aromatic ring is 1. The number of amides is 1. The largest absolute Gasteiger partial charge is 0.398 e. The molecule has 1 saturated carbocycles. The summed E-state index contributed by atoms with van der Waals surface area (Å²) in [5, 5.41) is 3.18. The number of anilines is 1. The van der Waals surface area contributed by atoms with Crippen LogP contribution in [0.5, 0.6) is 0 Å². The van der Waals surface area contributed by atoms with Crippen LogP contribution < -0.4 is 11.1 Å². The Bertz CT molecular complexity index is 453. The molecule has 0 radical (unpaired) electrons. The first-order valence-corrected chi connectivity index (χ1v) is 7.96. The lowest BCUT2D eigenvalue weighted by atomic mass is 10.1. The van der Waals surface area contributed by atoms with Crippen molar-refractivity contribution in [3.05, 3.63) is 29.8 Å². The summed E-state index contributed by atoms with van der Waals surface area (Å²) in [6.45, 7) is 1.12. The lowest BCUT2D eigenvalue weighted by Gasteiger charge is -2.20. The summed E-state index contributed by atoms with van der Waals surface area (Å²) in [6.07, 6.45) is 7.34. The van der Waals surface area contributed by atoms with Gasteiger partial charge in [-0.25, -0.2) is 0 Å². The molecule has 0 aromatic heterocycles. The van der Waals surface area contributed by atoms with E-state index in [1.807, 2.05) is 36.2 Å². The first kappa shape index (κ1) is 15.8. The van der Waals surface area contributed by atoms with Crippen LogP contribution in [0.2, 0.25) is 0 Å². The molecule has 1 aliphatic rings. The maximum absolute atomic E-state index is 12.1. The lowest BCUT2D eigenvalue weighted by Crippen LogP contribution is -2.40. The van der Waals surface area contributed by atoms with Gasteiger partial charge < -0.3 is 11.1 Å². The average molecular weight is 289 g/mol. The number of carbonyl (C=O) groups is 1. The Kier molecular flexibility index (Phi) is 6.05. The minimum atomic E-state index is 0.124. The smallest absolute Gasteiger partial charge is 0.234 e. The van der Waals surface area contributed by atoms with Gasteiger partial charge in [0.2, 0.25) is 5.91 Å². The summed E-state index contributed by atoms with van der Waals surface area (Å²) in [7, 11) is 1.96. The van der Waals surface area contributed by atoms with E-state index in [9.17, 15) is 4.79 Å². The molecule has 1 amide bonds. The number of nitrogens with zero attached hydrogens (tertiary/aromatic N) is 1. The summed E-state index contributed by atoms with van der Waals surface area (Å²) >= 11 is 0. The minimum Gasteiger partial charge on any atom is -0.398 e. The van der Waals surface area contributed by atoms with Crippen molar-refractivity contribution in [1.29, 1.82) is 0 Å². The van der Waals surface area contributed by atoms with Crippen molar-refractivity contribution >= 4 is 11.6 Å². The van der Waals surface area contributed by atoms with Gasteiger partial charge in [-0.3, -0.25) is 9.69 Å². The second-order valence-corrected chi connectivity index (χ2v) is 6.13. The van der Waals surface area contributed by atoms with Crippen molar-refractivity contribution in [3.63, 3.8) is 0 Å². The number of nitrogens with one attached hydrogen (secondary N) is 1. The van der Waals surface area contributed by atoms with Crippen LogP contribution in [0.15, 0.2) is 24.3 Å². The van der Waals surface area contributed by atoms with Gasteiger partial charge >= 0.3 is 0 Å². The highest BCUT2D eigenvalue weighted by molar-refractivity contribution is 5.78. The van der Waals surface area contributed by atoms with Gasteiger partial charge in [-0.05, 0) is 31.5 Å². The fraction of sp³-hybridized carbons (Fsp3) is 0.588. The van der Waals surface area contributed by atoms with Gasteiger partial charge in [0.1, 0.15) is 0 Å². The van der Waals surface area contributed by atoms with Crippen LogP contribution in [0.4, 0.5) is 5.69 Å². The SMILES string of the molecule is CN(CC(=O)NC1CCCCCC1)Cc1ccccc1N. The van der Waals surface area contributed by atoms with Gasteiger partial charge in [0.15, 0.2) is 0 Å². The molecular weight excluding hydrogens is 262 g/mol. The molecule has 2 rings (SSSR count). The Morgan fingerprint density at radius 2 is 1.90 bits per heavy atom. The molecule has 116 valence electrons. The molecular formula is C17H27N3O. The fourth-order valence-corrected chi connectivity index (χ4v) is 2.97. The Hall–Kier alpha value is -1.55. The number of hydrogen-bond donors (Lipinski definition) is 2. The van der Waals surface area contributed by atoms with Crippen molar-refractivity contribution in [2.75, 3.05) is 19.3 Å². The zero-order valence-corrected chi connectivity index (χ0v) is 13.0. The van der Waals surface area contributed by atoms with Crippen LogP contribution in [-0.2, 0) is 11.3 Å². The third-order valence-electron chi connectivity index (χ3n) is 4.13. The minimum absolute atomic E-state index is 0.124. The van der Waals surface area contributed by atoms with E-state index >= 15 is 0 Å². The van der Waals surface area contributed by atoms with Gasteiger partial charge in [0, 0.05) is 18.3 Å². The van der Waals surface area contributed by atoms with Crippen molar-refractivity contribution in [2.45, 2.75) is 51.1 Å². The number of para-hydroxylation sites is 1. The van der Waals surface area contributed by atoms with E-state index in [2.05, 4.69) is 5.32 Å². The van der Waals surface area contributed by atoms with Gasteiger partial charge in [-0.1, -0.05) is 43.9 Å². The zero-order valence-electron chi connectivity index (χ0n) is 13.0. The first-order valence-electron chi connectivity index (χ1n) is 7.96. The van der Waals surface area contributed by atoms with E-state index in [1.165, 1.54) is 25.7 Å². The highest BCUT2D eigenvalue weighted by Gasteiger charge is 2.15. The maximum Gasteiger partial charge on any atom is 0.234 e. The van der Waals surface area contributed by atoms with Crippen LogP contribution in [0.25, 0.3) is 0 Å². The summed E-state index contributed by atoms with van der Waals surface area (Å²) < 4.78 is 0. The quantitative estimate of drug-likeness (QED) is 0.647. The number of rotatable bonds is 5. The molecule has 0 spiro atoms. The van der Waals surface area contributed by atoms with E-state index in [4.69, 9.17) is 5.73 Å². The number of nitrogens with two attached hydrogens (primary N) is 1. The van der Waals surface area contributed by atoms with Crippen LogP contribution in [0.3, 0.4) is 0 Å². The molecule has 4 nitrogen and oxygen atoms in total. The molecule has 1 aromatic rings. The predicted molar refractivity (Wildman–Crippen MR) is 86.8 cm³/mol. The molecule has 1 fully saturated rings. The van der Waals surface area contributed by atoms with Crippen molar-refractivity contribution in [1.82, 2.24) is 10.2 Å². The average Bonchev–Trinajstić information content (AvgIpc) is 2.69. The summed E-state index contributed by atoms with van der Waals surface area (Å²) in [5.74, 6) is 0.124. The Morgan fingerprint density at radius 1 is 1.24 bits per heavy atom. The zero-order chi connectivity index (χ0) is 15.1. The van der Waals surface area contributed by atoms with E-state index in [1.54, 1.807) is 0 Å². The van der Waals surface area contributed by atoms with Crippen molar-refractivity contribution in [3.8, 4) is 0 Å². The van der Waals surface area contributed by atoms with E-state index in [-0.39, 0.29) is 5.91 Å².